The van der Waals surface area contributed by atoms with Crippen LogP contribution in [0, 0.1) is 0 Å². The number of carbonyl (C=O) groups is 1. The van der Waals surface area contributed by atoms with E-state index in [0.717, 1.165) is 32.1 Å². The van der Waals surface area contributed by atoms with E-state index in [4.69, 9.17) is 16.3 Å². The number of aliphatic hydroxyl groups excluding tert-OH is 1. The van der Waals surface area contributed by atoms with Gasteiger partial charge in [-0.2, -0.15) is 0 Å². The van der Waals surface area contributed by atoms with Crippen LogP contribution < -0.4 is 5.32 Å². The minimum Gasteiger partial charge on any atom is -0.388 e. The molecule has 1 saturated carbocycles. The summed E-state index contributed by atoms with van der Waals surface area (Å²) in [6.45, 7) is 0.639. The largest absolute Gasteiger partial charge is 0.388 e. The highest BCUT2D eigenvalue weighted by molar-refractivity contribution is 6.30. The van der Waals surface area contributed by atoms with Gasteiger partial charge in [0, 0.05) is 24.3 Å². The molecule has 1 atom stereocenters. The van der Waals surface area contributed by atoms with Crippen molar-refractivity contribution in [3.8, 4) is 0 Å². The summed E-state index contributed by atoms with van der Waals surface area (Å²) >= 11 is 5.83. The molecule has 0 aliphatic heterocycles. The molecule has 4 nitrogen and oxygen atoms in total. The monoisotopic (exact) mass is 325 g/mol. The van der Waals surface area contributed by atoms with Crippen LogP contribution in [0.25, 0.3) is 0 Å². The van der Waals surface area contributed by atoms with Gasteiger partial charge in [-0.3, -0.25) is 4.79 Å². The van der Waals surface area contributed by atoms with E-state index in [0.29, 0.717) is 17.2 Å². The Morgan fingerprint density at radius 1 is 1.36 bits per heavy atom. The van der Waals surface area contributed by atoms with Crippen molar-refractivity contribution in [1.82, 2.24) is 5.32 Å². The lowest BCUT2D eigenvalue weighted by Gasteiger charge is -2.30. The Morgan fingerprint density at radius 2 is 2.00 bits per heavy atom. The van der Waals surface area contributed by atoms with Crippen molar-refractivity contribution in [1.29, 1.82) is 0 Å². The molecule has 2 rings (SSSR count). The van der Waals surface area contributed by atoms with Crippen LogP contribution in [0.15, 0.2) is 24.3 Å². The molecule has 22 heavy (non-hydrogen) atoms. The molecule has 1 aromatic rings. The van der Waals surface area contributed by atoms with Crippen molar-refractivity contribution < 1.29 is 14.6 Å². The fourth-order valence-electron chi connectivity index (χ4n) is 3.11. The van der Waals surface area contributed by atoms with Gasteiger partial charge < -0.3 is 15.2 Å². The number of rotatable bonds is 7. The van der Waals surface area contributed by atoms with Crippen LogP contribution in [-0.4, -0.2) is 30.3 Å². The highest BCUT2D eigenvalue weighted by Crippen LogP contribution is 2.33. The fourth-order valence-corrected chi connectivity index (χ4v) is 3.24. The fraction of sp³-hybridized carbons (Fsp3) is 0.588. The molecule has 0 bridgehead atoms. The van der Waals surface area contributed by atoms with Gasteiger partial charge >= 0.3 is 0 Å². The van der Waals surface area contributed by atoms with Crippen LogP contribution in [0.2, 0.25) is 5.02 Å². The topological polar surface area (TPSA) is 58.6 Å². The van der Waals surface area contributed by atoms with Gasteiger partial charge in [-0.25, -0.2) is 0 Å². The van der Waals surface area contributed by atoms with Gasteiger partial charge in [0.05, 0.1) is 12.5 Å². The predicted molar refractivity (Wildman–Crippen MR) is 86.9 cm³/mol. The van der Waals surface area contributed by atoms with E-state index < -0.39 is 6.10 Å². The van der Waals surface area contributed by atoms with Crippen LogP contribution in [0.1, 0.15) is 50.2 Å². The average Bonchev–Trinajstić information content (AvgIpc) is 2.94. The summed E-state index contributed by atoms with van der Waals surface area (Å²) in [6, 6.07) is 6.93. The minimum absolute atomic E-state index is 0.0658. The maximum Gasteiger partial charge on any atom is 0.223 e. The molecule has 0 aromatic heterocycles. The second kappa shape index (κ2) is 7.95. The molecule has 1 aromatic carbocycles. The molecular formula is C17H24ClNO3. The van der Waals surface area contributed by atoms with Crippen molar-refractivity contribution in [2.45, 2.75) is 50.2 Å². The van der Waals surface area contributed by atoms with Crippen LogP contribution in [-0.2, 0) is 9.53 Å². The molecule has 0 spiro atoms. The standard InChI is InChI=1S/C17H24ClNO3/c1-22-11-10-17(8-2-3-9-17)19-16(21)12-15(20)13-4-6-14(18)7-5-13/h4-7,15,20H,2-3,8-12H2,1H3,(H,19,21). The molecule has 122 valence electrons. The Bertz CT molecular complexity index is 483. The van der Waals surface area contributed by atoms with Crippen molar-refractivity contribution in [3.05, 3.63) is 34.9 Å². The summed E-state index contributed by atoms with van der Waals surface area (Å²) in [5, 5.41) is 13.9. The van der Waals surface area contributed by atoms with Crippen LogP contribution in [0.4, 0.5) is 0 Å². The quantitative estimate of drug-likeness (QED) is 0.809. The number of nitrogens with one attached hydrogen (secondary N) is 1. The van der Waals surface area contributed by atoms with E-state index in [1.54, 1.807) is 31.4 Å². The summed E-state index contributed by atoms with van der Waals surface area (Å²) in [5.41, 5.74) is 0.546. The number of carbonyl (C=O) groups excluding carboxylic acids is 1. The lowest BCUT2D eigenvalue weighted by molar-refractivity contribution is -0.125. The maximum absolute atomic E-state index is 12.3. The van der Waals surface area contributed by atoms with Gasteiger partial charge in [0.25, 0.3) is 0 Å². The molecule has 1 amide bonds. The Labute approximate surface area is 136 Å². The zero-order chi connectivity index (χ0) is 16.0. The first-order valence-electron chi connectivity index (χ1n) is 7.78. The van der Waals surface area contributed by atoms with Crippen LogP contribution in [0.5, 0.6) is 0 Å². The molecule has 0 radical (unpaired) electrons. The highest BCUT2D eigenvalue weighted by Gasteiger charge is 2.35. The summed E-state index contributed by atoms with van der Waals surface area (Å²) in [4.78, 5) is 12.3. The lowest BCUT2D eigenvalue weighted by Crippen LogP contribution is -2.47. The third-order valence-electron chi connectivity index (χ3n) is 4.38. The maximum atomic E-state index is 12.3. The molecule has 1 unspecified atom stereocenters. The number of benzene rings is 1. The van der Waals surface area contributed by atoms with Crippen molar-refractivity contribution in [3.63, 3.8) is 0 Å². The summed E-state index contributed by atoms with van der Waals surface area (Å²) in [7, 11) is 1.68. The first-order chi connectivity index (χ1) is 10.5. The second-order valence-corrected chi connectivity index (χ2v) is 6.49. The first-order valence-corrected chi connectivity index (χ1v) is 8.16. The van der Waals surface area contributed by atoms with Gasteiger partial charge in [0.1, 0.15) is 0 Å². The second-order valence-electron chi connectivity index (χ2n) is 6.05. The summed E-state index contributed by atoms with van der Waals surface area (Å²) < 4.78 is 5.16. The zero-order valence-electron chi connectivity index (χ0n) is 13.0. The van der Waals surface area contributed by atoms with Gasteiger partial charge in [0.2, 0.25) is 5.91 Å². The highest BCUT2D eigenvalue weighted by atomic mass is 35.5. The Balaban J connectivity index is 1.91. The Morgan fingerprint density at radius 3 is 2.59 bits per heavy atom. The molecule has 0 heterocycles. The van der Waals surface area contributed by atoms with Gasteiger partial charge in [-0.1, -0.05) is 36.6 Å². The average molecular weight is 326 g/mol. The lowest BCUT2D eigenvalue weighted by atomic mass is 9.93. The molecule has 1 aliphatic rings. The number of amides is 1. The van der Waals surface area contributed by atoms with Crippen molar-refractivity contribution in [2.24, 2.45) is 0 Å². The van der Waals surface area contributed by atoms with Gasteiger partial charge in [0.15, 0.2) is 0 Å². The number of ether oxygens (including phenoxy) is 1. The first kappa shape index (κ1) is 17.3. The molecular weight excluding hydrogens is 302 g/mol. The minimum atomic E-state index is -0.807. The summed E-state index contributed by atoms with van der Waals surface area (Å²) in [5.74, 6) is -0.111. The van der Waals surface area contributed by atoms with E-state index in [9.17, 15) is 9.90 Å². The van der Waals surface area contributed by atoms with E-state index in [1.807, 2.05) is 0 Å². The normalized spacial score (nSPS) is 18.1. The summed E-state index contributed by atoms with van der Waals surface area (Å²) in [6.07, 6.45) is 4.31. The number of methoxy groups -OCH3 is 1. The number of hydrogen-bond donors (Lipinski definition) is 2. The Hall–Kier alpha value is -1.10. The van der Waals surface area contributed by atoms with Crippen LogP contribution in [0.3, 0.4) is 0 Å². The molecule has 1 fully saturated rings. The number of halogens is 1. The van der Waals surface area contributed by atoms with Crippen LogP contribution >= 0.6 is 11.6 Å². The van der Waals surface area contributed by atoms with Gasteiger partial charge in [-0.15, -0.1) is 0 Å². The smallest absolute Gasteiger partial charge is 0.223 e. The third-order valence-corrected chi connectivity index (χ3v) is 4.64. The SMILES string of the molecule is COCCC1(NC(=O)CC(O)c2ccc(Cl)cc2)CCCC1. The molecule has 5 heteroatoms. The molecule has 0 saturated heterocycles. The molecule has 2 N–H and O–H groups in total. The third kappa shape index (κ3) is 4.70. The van der Waals surface area contributed by atoms with Crippen molar-refractivity contribution in [2.75, 3.05) is 13.7 Å². The van der Waals surface area contributed by atoms with E-state index in [2.05, 4.69) is 5.32 Å². The van der Waals surface area contributed by atoms with Gasteiger partial charge in [-0.05, 0) is 37.0 Å². The van der Waals surface area contributed by atoms with E-state index >= 15 is 0 Å². The van der Waals surface area contributed by atoms with Crippen molar-refractivity contribution >= 4 is 17.5 Å². The predicted octanol–water partition coefficient (Wildman–Crippen LogP) is 3.23. The number of aliphatic hydroxyl groups is 1. The van der Waals surface area contributed by atoms with E-state index in [-0.39, 0.29) is 17.9 Å². The zero-order valence-corrected chi connectivity index (χ0v) is 13.7. The Kier molecular flexibility index (Phi) is 6.24. The molecule has 1 aliphatic carbocycles. The number of hydrogen-bond acceptors (Lipinski definition) is 3. The van der Waals surface area contributed by atoms with E-state index in [1.165, 1.54) is 0 Å².